The van der Waals surface area contributed by atoms with Gasteiger partial charge in [0.15, 0.2) is 0 Å². The van der Waals surface area contributed by atoms with Crippen molar-refractivity contribution in [1.29, 1.82) is 0 Å². The molecule has 0 fully saturated rings. The summed E-state index contributed by atoms with van der Waals surface area (Å²) < 4.78 is 37.3. The average molecular weight is 274 g/mol. The third kappa shape index (κ3) is 4.81. The zero-order chi connectivity index (χ0) is 14.6. The van der Waals surface area contributed by atoms with Gasteiger partial charge in [-0.25, -0.2) is 0 Å². The average Bonchev–Trinajstić information content (AvgIpc) is 2.24. The van der Waals surface area contributed by atoms with Crippen molar-refractivity contribution in [2.75, 3.05) is 18.8 Å². The van der Waals surface area contributed by atoms with Gasteiger partial charge in [0.1, 0.15) is 6.54 Å². The minimum atomic E-state index is -4.40. The summed E-state index contributed by atoms with van der Waals surface area (Å²) in [6.07, 6.45) is -3.94. The summed E-state index contributed by atoms with van der Waals surface area (Å²) >= 11 is 0. The second-order valence-corrected chi connectivity index (χ2v) is 4.47. The highest BCUT2D eigenvalue weighted by molar-refractivity contribution is 5.95. The van der Waals surface area contributed by atoms with Gasteiger partial charge in [0.2, 0.25) is 0 Å². The fourth-order valence-corrected chi connectivity index (χ4v) is 1.86. The van der Waals surface area contributed by atoms with Crippen LogP contribution in [0.15, 0.2) is 18.2 Å². The van der Waals surface area contributed by atoms with Gasteiger partial charge >= 0.3 is 6.18 Å². The second-order valence-electron chi connectivity index (χ2n) is 4.47. The number of nitrogen functional groups attached to an aromatic ring is 1. The monoisotopic (exact) mass is 274 g/mol. The largest absolute Gasteiger partial charge is 0.406 e. The van der Waals surface area contributed by atoms with Gasteiger partial charge < -0.3 is 10.6 Å². The number of carbonyl (C=O) groups excluding carboxylic acids is 1. The minimum absolute atomic E-state index is 0.0617. The first-order valence-corrected chi connectivity index (χ1v) is 5.96. The molecule has 2 N–H and O–H groups in total. The highest BCUT2D eigenvalue weighted by Gasteiger charge is 2.33. The Hall–Kier alpha value is -1.72. The van der Waals surface area contributed by atoms with Crippen molar-refractivity contribution in [2.24, 2.45) is 0 Å². The lowest BCUT2D eigenvalue weighted by Gasteiger charge is -2.23. The Labute approximate surface area is 110 Å². The molecule has 0 heterocycles. The Morgan fingerprint density at radius 1 is 1.32 bits per heavy atom. The fourth-order valence-electron chi connectivity index (χ4n) is 1.86. The summed E-state index contributed by atoms with van der Waals surface area (Å²) in [6, 6.07) is 4.59. The fraction of sp³-hybridized carbons (Fsp3) is 0.462. The van der Waals surface area contributed by atoms with E-state index < -0.39 is 18.6 Å². The Balaban J connectivity index is 2.98. The van der Waals surface area contributed by atoms with Crippen LogP contribution in [0.3, 0.4) is 0 Å². The second kappa shape index (κ2) is 5.95. The van der Waals surface area contributed by atoms with Gasteiger partial charge in [0.05, 0.1) is 0 Å². The van der Waals surface area contributed by atoms with Crippen LogP contribution in [0.2, 0.25) is 0 Å². The van der Waals surface area contributed by atoms with Crippen molar-refractivity contribution in [3.05, 3.63) is 29.3 Å². The van der Waals surface area contributed by atoms with E-state index in [1.807, 2.05) is 0 Å². The van der Waals surface area contributed by atoms with Gasteiger partial charge in [-0.3, -0.25) is 4.79 Å². The molecule has 0 aromatic heterocycles. The number of benzene rings is 1. The zero-order valence-corrected chi connectivity index (χ0v) is 10.9. The molecule has 0 aliphatic carbocycles. The number of hydrogen-bond acceptors (Lipinski definition) is 2. The van der Waals surface area contributed by atoms with Gasteiger partial charge in [-0.1, -0.05) is 6.92 Å². The third-order valence-corrected chi connectivity index (χ3v) is 2.50. The Bertz CT molecular complexity index is 437. The number of amides is 1. The molecule has 0 atom stereocenters. The summed E-state index contributed by atoms with van der Waals surface area (Å²) in [6.45, 7) is 2.28. The van der Waals surface area contributed by atoms with Crippen LogP contribution in [0.4, 0.5) is 18.9 Å². The van der Waals surface area contributed by atoms with E-state index in [0.29, 0.717) is 12.1 Å². The smallest absolute Gasteiger partial charge is 0.399 e. The molecule has 0 spiro atoms. The quantitative estimate of drug-likeness (QED) is 0.858. The van der Waals surface area contributed by atoms with Crippen molar-refractivity contribution < 1.29 is 18.0 Å². The van der Waals surface area contributed by atoms with E-state index in [1.54, 1.807) is 19.9 Å². The van der Waals surface area contributed by atoms with Crippen LogP contribution in [0, 0.1) is 6.92 Å². The first-order valence-electron chi connectivity index (χ1n) is 5.96. The molecule has 1 aromatic carbocycles. The molecule has 1 aromatic rings. The molecule has 0 bridgehead atoms. The highest BCUT2D eigenvalue weighted by Crippen LogP contribution is 2.20. The summed E-state index contributed by atoms with van der Waals surface area (Å²) in [4.78, 5) is 12.9. The lowest BCUT2D eigenvalue weighted by Crippen LogP contribution is -2.39. The Kier molecular flexibility index (Phi) is 4.80. The molecule has 0 unspecified atom stereocenters. The molecule has 106 valence electrons. The number of hydrogen-bond donors (Lipinski definition) is 1. The third-order valence-electron chi connectivity index (χ3n) is 2.50. The molecular weight excluding hydrogens is 257 g/mol. The summed E-state index contributed by atoms with van der Waals surface area (Å²) in [7, 11) is 0. The first kappa shape index (κ1) is 15.3. The maximum absolute atomic E-state index is 12.4. The number of aryl methyl sites for hydroxylation is 1. The minimum Gasteiger partial charge on any atom is -0.399 e. The van der Waals surface area contributed by atoms with Crippen LogP contribution >= 0.6 is 0 Å². The molecular formula is C13H17F3N2O. The van der Waals surface area contributed by atoms with Gasteiger partial charge in [-0.2, -0.15) is 13.2 Å². The van der Waals surface area contributed by atoms with E-state index in [-0.39, 0.29) is 12.1 Å². The van der Waals surface area contributed by atoms with E-state index in [9.17, 15) is 18.0 Å². The van der Waals surface area contributed by atoms with Crippen molar-refractivity contribution in [3.63, 3.8) is 0 Å². The van der Waals surface area contributed by atoms with Gasteiger partial charge in [0.25, 0.3) is 5.91 Å². The molecule has 1 amide bonds. The highest BCUT2D eigenvalue weighted by atomic mass is 19.4. The molecule has 19 heavy (non-hydrogen) atoms. The number of halogens is 3. The number of anilines is 1. The Morgan fingerprint density at radius 2 is 1.95 bits per heavy atom. The topological polar surface area (TPSA) is 46.3 Å². The van der Waals surface area contributed by atoms with Crippen LogP contribution < -0.4 is 5.73 Å². The summed E-state index contributed by atoms with van der Waals surface area (Å²) in [5.74, 6) is -0.644. The van der Waals surface area contributed by atoms with Crippen LogP contribution in [0.25, 0.3) is 0 Å². The van der Waals surface area contributed by atoms with Crippen LogP contribution in [-0.2, 0) is 0 Å². The molecule has 0 radical (unpaired) electrons. The summed E-state index contributed by atoms with van der Waals surface area (Å²) in [5, 5.41) is 0. The SMILES string of the molecule is CCCN(CC(F)(F)F)C(=O)c1cc(C)cc(N)c1. The molecule has 0 aliphatic heterocycles. The first-order chi connectivity index (χ1) is 8.73. The maximum atomic E-state index is 12.4. The van der Waals surface area contributed by atoms with Crippen molar-refractivity contribution >= 4 is 11.6 Å². The predicted molar refractivity (Wildman–Crippen MR) is 67.8 cm³/mol. The van der Waals surface area contributed by atoms with E-state index in [4.69, 9.17) is 5.73 Å². The lowest BCUT2D eigenvalue weighted by atomic mass is 10.1. The number of nitrogens with zero attached hydrogens (tertiary/aromatic N) is 1. The maximum Gasteiger partial charge on any atom is 0.406 e. The normalized spacial score (nSPS) is 11.4. The van der Waals surface area contributed by atoms with Crippen molar-refractivity contribution in [2.45, 2.75) is 26.4 Å². The number of alkyl halides is 3. The molecule has 0 saturated carbocycles. The van der Waals surface area contributed by atoms with E-state index in [1.165, 1.54) is 12.1 Å². The molecule has 1 rings (SSSR count). The van der Waals surface area contributed by atoms with E-state index >= 15 is 0 Å². The van der Waals surface area contributed by atoms with Gasteiger partial charge in [0, 0.05) is 17.8 Å². The lowest BCUT2D eigenvalue weighted by molar-refractivity contribution is -0.140. The number of rotatable bonds is 4. The number of nitrogens with two attached hydrogens (primary N) is 1. The zero-order valence-electron chi connectivity index (χ0n) is 10.9. The summed E-state index contributed by atoms with van der Waals surface area (Å²) in [5.41, 5.74) is 6.91. The molecule has 0 aliphatic rings. The van der Waals surface area contributed by atoms with Gasteiger partial charge in [-0.15, -0.1) is 0 Å². The van der Waals surface area contributed by atoms with Crippen LogP contribution in [0.1, 0.15) is 29.3 Å². The van der Waals surface area contributed by atoms with Crippen LogP contribution in [0.5, 0.6) is 0 Å². The van der Waals surface area contributed by atoms with Crippen molar-refractivity contribution in [3.8, 4) is 0 Å². The van der Waals surface area contributed by atoms with Crippen LogP contribution in [-0.4, -0.2) is 30.1 Å². The predicted octanol–water partition coefficient (Wildman–Crippen LogP) is 2.99. The van der Waals surface area contributed by atoms with E-state index in [2.05, 4.69) is 0 Å². The number of carbonyl (C=O) groups is 1. The molecule has 0 saturated heterocycles. The molecule has 3 nitrogen and oxygen atoms in total. The Morgan fingerprint density at radius 3 is 2.42 bits per heavy atom. The molecule has 6 heteroatoms. The van der Waals surface area contributed by atoms with Gasteiger partial charge in [-0.05, 0) is 37.1 Å². The van der Waals surface area contributed by atoms with E-state index in [0.717, 1.165) is 10.5 Å². The standard InChI is InChI=1S/C13H17F3N2O/c1-3-4-18(8-13(14,15)16)12(19)10-5-9(2)6-11(17)7-10/h5-7H,3-4,8,17H2,1-2H3. The van der Waals surface area contributed by atoms with Crippen molar-refractivity contribution in [1.82, 2.24) is 4.90 Å².